The fourth-order valence-corrected chi connectivity index (χ4v) is 2.12. The zero-order chi connectivity index (χ0) is 15.1. The molecular formula is C18H19NO2. The molecule has 0 aliphatic heterocycles. The minimum atomic E-state index is -0.747. The van der Waals surface area contributed by atoms with Crippen LogP contribution in [0.5, 0.6) is 5.75 Å². The third-order valence-corrected chi connectivity index (χ3v) is 3.46. The van der Waals surface area contributed by atoms with Crippen LogP contribution in [0.4, 0.5) is 0 Å². The van der Waals surface area contributed by atoms with Gasteiger partial charge in [0.05, 0.1) is 18.1 Å². The zero-order valence-electron chi connectivity index (χ0n) is 12.1. The highest BCUT2D eigenvalue weighted by atomic mass is 16.5. The molecule has 0 radical (unpaired) electrons. The van der Waals surface area contributed by atoms with Gasteiger partial charge in [-0.1, -0.05) is 49.4 Å². The number of benzene rings is 2. The highest BCUT2D eigenvalue weighted by molar-refractivity contribution is 5.29. The fraction of sp³-hybridized carbons (Fsp3) is 0.278. The Morgan fingerprint density at radius 1 is 1.10 bits per heavy atom. The molecule has 2 rings (SSSR count). The van der Waals surface area contributed by atoms with Crippen molar-refractivity contribution in [1.29, 1.82) is 5.26 Å². The molecule has 1 N–H and O–H groups in total. The maximum absolute atomic E-state index is 10.1. The Kier molecular flexibility index (Phi) is 5.36. The van der Waals surface area contributed by atoms with Crippen LogP contribution in [0.2, 0.25) is 0 Å². The van der Waals surface area contributed by atoms with Gasteiger partial charge < -0.3 is 9.84 Å². The molecule has 2 atom stereocenters. The summed E-state index contributed by atoms with van der Waals surface area (Å²) in [4.78, 5) is 0. The third kappa shape index (κ3) is 4.08. The zero-order valence-corrected chi connectivity index (χ0v) is 12.1. The Morgan fingerprint density at radius 3 is 2.33 bits per heavy atom. The first kappa shape index (κ1) is 15.1. The fourth-order valence-electron chi connectivity index (χ4n) is 2.12. The van der Waals surface area contributed by atoms with Crippen molar-refractivity contribution >= 4 is 0 Å². The molecule has 0 aromatic heterocycles. The second kappa shape index (κ2) is 7.47. The highest BCUT2D eigenvalue weighted by Crippen LogP contribution is 2.25. The van der Waals surface area contributed by atoms with Gasteiger partial charge in [0.1, 0.15) is 12.4 Å². The van der Waals surface area contributed by atoms with Crippen molar-refractivity contribution < 1.29 is 9.84 Å². The molecule has 3 heteroatoms. The number of rotatable bonds is 6. The minimum absolute atomic E-state index is 0.374. The molecule has 2 unspecified atom stereocenters. The summed E-state index contributed by atoms with van der Waals surface area (Å²) in [6.07, 6.45) is -0.118. The summed E-state index contributed by atoms with van der Waals surface area (Å²) in [7, 11) is 0. The third-order valence-electron chi connectivity index (χ3n) is 3.46. The number of hydrogen-bond acceptors (Lipinski definition) is 3. The van der Waals surface area contributed by atoms with Gasteiger partial charge in [-0.15, -0.1) is 0 Å². The van der Waals surface area contributed by atoms with E-state index in [1.807, 2.05) is 61.5 Å². The maximum Gasteiger partial charge on any atom is 0.119 e. The van der Waals surface area contributed by atoms with E-state index in [0.717, 1.165) is 16.9 Å². The molecule has 0 saturated carbocycles. The average Bonchev–Trinajstić information content (AvgIpc) is 2.55. The molecule has 0 amide bonds. The van der Waals surface area contributed by atoms with Gasteiger partial charge in [0.2, 0.25) is 0 Å². The van der Waals surface area contributed by atoms with Gasteiger partial charge in [0, 0.05) is 0 Å². The van der Waals surface area contributed by atoms with E-state index in [2.05, 4.69) is 6.07 Å². The van der Waals surface area contributed by atoms with Crippen molar-refractivity contribution in [1.82, 2.24) is 0 Å². The first-order valence-corrected chi connectivity index (χ1v) is 7.09. The lowest BCUT2D eigenvalue weighted by Crippen LogP contribution is -2.09. The van der Waals surface area contributed by atoms with Crippen molar-refractivity contribution in [2.45, 2.75) is 26.1 Å². The summed E-state index contributed by atoms with van der Waals surface area (Å²) >= 11 is 0. The average molecular weight is 281 g/mol. The van der Waals surface area contributed by atoms with E-state index in [1.165, 1.54) is 0 Å². The summed E-state index contributed by atoms with van der Waals surface area (Å²) in [6, 6.07) is 19.3. The molecule has 0 spiro atoms. The Hall–Kier alpha value is -2.31. The molecule has 0 heterocycles. The van der Waals surface area contributed by atoms with E-state index in [9.17, 15) is 5.11 Å². The van der Waals surface area contributed by atoms with Gasteiger partial charge in [-0.05, 0) is 29.7 Å². The summed E-state index contributed by atoms with van der Waals surface area (Å²) < 4.78 is 5.69. The quantitative estimate of drug-likeness (QED) is 0.875. The van der Waals surface area contributed by atoms with E-state index in [-0.39, 0.29) is 5.92 Å². The van der Waals surface area contributed by atoms with E-state index >= 15 is 0 Å². The lowest BCUT2D eigenvalue weighted by Gasteiger charge is -2.15. The Labute approximate surface area is 125 Å². The predicted octanol–water partition coefficient (Wildman–Crippen LogP) is 3.85. The second-order valence-corrected chi connectivity index (χ2v) is 4.93. The van der Waals surface area contributed by atoms with Gasteiger partial charge in [0.25, 0.3) is 0 Å². The van der Waals surface area contributed by atoms with Crippen LogP contribution in [-0.4, -0.2) is 5.11 Å². The molecule has 108 valence electrons. The molecule has 0 saturated heterocycles. The highest BCUT2D eigenvalue weighted by Gasteiger charge is 2.18. The maximum atomic E-state index is 10.1. The normalized spacial score (nSPS) is 13.2. The Bertz CT molecular complexity index is 587. The molecule has 3 nitrogen and oxygen atoms in total. The Morgan fingerprint density at radius 2 is 1.76 bits per heavy atom. The van der Waals surface area contributed by atoms with Crippen molar-refractivity contribution in [3.05, 3.63) is 65.7 Å². The van der Waals surface area contributed by atoms with Gasteiger partial charge in [-0.3, -0.25) is 0 Å². The van der Waals surface area contributed by atoms with E-state index in [0.29, 0.717) is 13.0 Å². The van der Waals surface area contributed by atoms with Crippen LogP contribution < -0.4 is 4.74 Å². The molecule has 0 bridgehead atoms. The van der Waals surface area contributed by atoms with E-state index < -0.39 is 6.10 Å². The number of aliphatic hydroxyl groups excluding tert-OH is 1. The number of nitriles is 1. The molecular weight excluding hydrogens is 262 g/mol. The SMILES string of the molecule is CCC(C#N)C(O)c1ccc(OCc2ccccc2)cc1. The van der Waals surface area contributed by atoms with Crippen LogP contribution in [0.1, 0.15) is 30.6 Å². The lowest BCUT2D eigenvalue weighted by molar-refractivity contribution is 0.132. The monoisotopic (exact) mass is 281 g/mol. The van der Waals surface area contributed by atoms with Crippen molar-refractivity contribution in [2.24, 2.45) is 5.92 Å². The van der Waals surface area contributed by atoms with Crippen molar-refractivity contribution in [3.63, 3.8) is 0 Å². The topological polar surface area (TPSA) is 53.2 Å². The first-order valence-electron chi connectivity index (χ1n) is 7.09. The van der Waals surface area contributed by atoms with Crippen LogP contribution in [0, 0.1) is 17.2 Å². The van der Waals surface area contributed by atoms with Gasteiger partial charge in [-0.2, -0.15) is 5.26 Å². The summed E-state index contributed by atoms with van der Waals surface area (Å²) in [5, 5.41) is 19.1. The number of nitrogens with zero attached hydrogens (tertiary/aromatic N) is 1. The molecule has 21 heavy (non-hydrogen) atoms. The van der Waals surface area contributed by atoms with Gasteiger partial charge >= 0.3 is 0 Å². The molecule has 2 aromatic carbocycles. The van der Waals surface area contributed by atoms with Gasteiger partial charge in [0.15, 0.2) is 0 Å². The summed E-state index contributed by atoms with van der Waals surface area (Å²) in [6.45, 7) is 2.41. The van der Waals surface area contributed by atoms with Crippen LogP contribution in [0.25, 0.3) is 0 Å². The second-order valence-electron chi connectivity index (χ2n) is 4.93. The smallest absolute Gasteiger partial charge is 0.119 e. The molecule has 0 aliphatic rings. The first-order chi connectivity index (χ1) is 10.2. The number of hydrogen-bond donors (Lipinski definition) is 1. The number of aliphatic hydroxyl groups is 1. The van der Waals surface area contributed by atoms with Crippen molar-refractivity contribution in [2.75, 3.05) is 0 Å². The van der Waals surface area contributed by atoms with Crippen LogP contribution in [0.15, 0.2) is 54.6 Å². The van der Waals surface area contributed by atoms with Crippen LogP contribution in [-0.2, 0) is 6.61 Å². The molecule has 0 fully saturated rings. The van der Waals surface area contributed by atoms with Gasteiger partial charge in [-0.25, -0.2) is 0 Å². The standard InChI is InChI=1S/C18H19NO2/c1-2-15(12-19)18(20)16-8-10-17(11-9-16)21-13-14-6-4-3-5-7-14/h3-11,15,18,20H,2,13H2,1H3. The van der Waals surface area contributed by atoms with Crippen molar-refractivity contribution in [3.8, 4) is 11.8 Å². The minimum Gasteiger partial charge on any atom is -0.489 e. The summed E-state index contributed by atoms with van der Waals surface area (Å²) in [5.41, 5.74) is 1.85. The predicted molar refractivity (Wildman–Crippen MR) is 81.6 cm³/mol. The lowest BCUT2D eigenvalue weighted by atomic mass is 9.95. The summed E-state index contributed by atoms with van der Waals surface area (Å²) in [5.74, 6) is 0.376. The number of ether oxygens (including phenoxy) is 1. The van der Waals surface area contributed by atoms with Crippen LogP contribution >= 0.6 is 0 Å². The Balaban J connectivity index is 1.97. The van der Waals surface area contributed by atoms with Crippen LogP contribution in [0.3, 0.4) is 0 Å². The molecule has 0 aliphatic carbocycles. The largest absolute Gasteiger partial charge is 0.489 e. The van der Waals surface area contributed by atoms with E-state index in [1.54, 1.807) is 0 Å². The molecule has 2 aromatic rings. The van der Waals surface area contributed by atoms with E-state index in [4.69, 9.17) is 10.00 Å².